The van der Waals surface area contributed by atoms with Gasteiger partial charge in [0.15, 0.2) is 0 Å². The number of nitrogens with zero attached hydrogens (tertiary/aromatic N) is 4. The molecule has 0 bridgehead atoms. The largest absolute Gasteiger partial charge is 0.465 e. The van der Waals surface area contributed by atoms with E-state index in [9.17, 15) is 9.59 Å². The van der Waals surface area contributed by atoms with Crippen LogP contribution in [0.4, 0.5) is 0 Å². The first-order valence-corrected chi connectivity index (χ1v) is 11.3. The normalized spacial score (nSPS) is 11.1. The maximum absolute atomic E-state index is 12.5. The molecule has 34 heavy (non-hydrogen) atoms. The van der Waals surface area contributed by atoms with Crippen molar-refractivity contribution in [2.75, 3.05) is 6.61 Å². The minimum absolute atomic E-state index is 0.120. The Bertz CT molecular complexity index is 1340. The summed E-state index contributed by atoms with van der Waals surface area (Å²) in [6.07, 6.45) is 6.04. The van der Waals surface area contributed by atoms with Gasteiger partial charge in [0, 0.05) is 37.5 Å². The topological polar surface area (TPSA) is 79.0 Å². The molecule has 4 aromatic rings. The highest BCUT2D eigenvalue weighted by atomic mass is 16.5. The van der Waals surface area contributed by atoms with Crippen LogP contribution >= 0.6 is 0 Å². The molecule has 0 spiro atoms. The Morgan fingerprint density at radius 2 is 1.79 bits per heavy atom. The molecule has 0 aliphatic carbocycles. The Balaban J connectivity index is 1.50. The third-order valence-electron chi connectivity index (χ3n) is 5.34. The zero-order valence-corrected chi connectivity index (χ0v) is 19.6. The van der Waals surface area contributed by atoms with Crippen LogP contribution in [0.1, 0.15) is 30.7 Å². The first kappa shape index (κ1) is 23.2. The van der Waals surface area contributed by atoms with Crippen LogP contribution in [0.25, 0.3) is 16.8 Å². The molecule has 0 saturated carbocycles. The van der Waals surface area contributed by atoms with Gasteiger partial charge >= 0.3 is 5.97 Å². The second-order valence-corrected chi connectivity index (χ2v) is 8.77. The van der Waals surface area contributed by atoms with E-state index in [-0.39, 0.29) is 17.8 Å². The monoisotopic (exact) mass is 456 g/mol. The molecule has 4 rings (SSSR count). The van der Waals surface area contributed by atoms with Gasteiger partial charge in [0.2, 0.25) is 5.43 Å². The molecule has 0 unspecified atom stereocenters. The Kier molecular flexibility index (Phi) is 7.01. The summed E-state index contributed by atoms with van der Waals surface area (Å²) >= 11 is 0. The van der Waals surface area contributed by atoms with Crippen molar-refractivity contribution in [1.82, 2.24) is 19.6 Å². The van der Waals surface area contributed by atoms with Crippen LogP contribution in [0.2, 0.25) is 0 Å². The molecule has 0 amide bonds. The van der Waals surface area contributed by atoms with Crippen molar-refractivity contribution in [1.29, 1.82) is 0 Å². The number of aromatic nitrogens is 4. The number of hydrogen-bond acceptors (Lipinski definition) is 5. The van der Waals surface area contributed by atoms with Gasteiger partial charge in [-0.1, -0.05) is 50.2 Å². The Morgan fingerprint density at radius 1 is 1.03 bits per heavy atom. The lowest BCUT2D eigenvalue weighted by Gasteiger charge is -2.10. The van der Waals surface area contributed by atoms with Crippen LogP contribution in [-0.2, 0) is 29.4 Å². The molecule has 2 aromatic heterocycles. The van der Waals surface area contributed by atoms with Gasteiger partial charge in [-0.15, -0.1) is 0 Å². The lowest BCUT2D eigenvalue weighted by molar-refractivity contribution is -0.143. The molecular weight excluding hydrogens is 428 g/mol. The van der Waals surface area contributed by atoms with Gasteiger partial charge in [0.05, 0.1) is 24.9 Å². The molecule has 7 heteroatoms. The highest BCUT2D eigenvalue weighted by Gasteiger charge is 2.10. The number of hydrogen-bond donors (Lipinski definition) is 0. The fourth-order valence-corrected chi connectivity index (χ4v) is 3.61. The first-order chi connectivity index (χ1) is 16.4. The van der Waals surface area contributed by atoms with E-state index < -0.39 is 0 Å². The number of carbonyl (C=O) groups is 1. The maximum atomic E-state index is 12.5. The zero-order valence-electron chi connectivity index (χ0n) is 19.6. The molecule has 0 N–H and O–H groups in total. The van der Waals surface area contributed by atoms with E-state index in [4.69, 9.17) is 4.74 Å². The molecule has 0 atom stereocenters. The van der Waals surface area contributed by atoms with E-state index in [1.165, 1.54) is 6.07 Å². The Labute approximate surface area is 198 Å². The van der Waals surface area contributed by atoms with E-state index >= 15 is 0 Å². The van der Waals surface area contributed by atoms with Crippen LogP contribution in [0, 0.1) is 5.92 Å². The van der Waals surface area contributed by atoms with Crippen molar-refractivity contribution in [2.45, 2.75) is 26.7 Å². The molecule has 0 aliphatic rings. The summed E-state index contributed by atoms with van der Waals surface area (Å²) in [7, 11) is 1.89. The number of rotatable bonds is 8. The molecule has 0 aliphatic heterocycles. The molecule has 7 nitrogen and oxygen atoms in total. The van der Waals surface area contributed by atoms with Crippen LogP contribution in [0.15, 0.2) is 78.0 Å². The van der Waals surface area contributed by atoms with E-state index in [1.807, 2.05) is 81.8 Å². The van der Waals surface area contributed by atoms with Crippen LogP contribution < -0.4 is 5.43 Å². The predicted octanol–water partition coefficient (Wildman–Crippen LogP) is 3.97. The SMILES string of the molecule is CC(C)COC(=O)Cc1cccc(Cc2nn(-c3ccc(-c4cnn(C)c4)cc3)ccc2=O)c1. The molecule has 0 fully saturated rings. The maximum Gasteiger partial charge on any atom is 0.310 e. The number of benzene rings is 2. The Morgan fingerprint density at radius 3 is 2.50 bits per heavy atom. The summed E-state index contributed by atoms with van der Waals surface area (Å²) in [5.41, 5.74) is 5.05. The van der Waals surface area contributed by atoms with Crippen molar-refractivity contribution in [3.05, 3.63) is 100 Å². The second kappa shape index (κ2) is 10.3. The summed E-state index contributed by atoms with van der Waals surface area (Å²) in [5.74, 6) is 0.0499. The fourth-order valence-electron chi connectivity index (χ4n) is 3.61. The van der Waals surface area contributed by atoms with Gasteiger partial charge in [0.25, 0.3) is 0 Å². The standard InChI is InChI=1S/C27H28N4O3/c1-19(2)18-34-27(33)15-21-6-4-5-20(13-21)14-25-26(32)11-12-31(29-25)24-9-7-22(8-10-24)23-16-28-30(3)17-23/h4-13,16-17,19H,14-15,18H2,1-3H3. The van der Waals surface area contributed by atoms with Gasteiger partial charge < -0.3 is 4.74 Å². The second-order valence-electron chi connectivity index (χ2n) is 8.77. The lowest BCUT2D eigenvalue weighted by atomic mass is 10.0. The average molecular weight is 457 g/mol. The third-order valence-corrected chi connectivity index (χ3v) is 5.34. The van der Waals surface area contributed by atoms with Crippen molar-refractivity contribution >= 4 is 5.97 Å². The molecule has 174 valence electrons. The number of esters is 1. The minimum Gasteiger partial charge on any atom is -0.465 e. The van der Waals surface area contributed by atoms with Gasteiger partial charge in [0.1, 0.15) is 5.69 Å². The van der Waals surface area contributed by atoms with Gasteiger partial charge in [-0.3, -0.25) is 14.3 Å². The van der Waals surface area contributed by atoms with Crippen molar-refractivity contribution < 1.29 is 9.53 Å². The van der Waals surface area contributed by atoms with E-state index in [0.717, 1.165) is 27.9 Å². The first-order valence-electron chi connectivity index (χ1n) is 11.3. The Hall–Kier alpha value is -4.00. The predicted molar refractivity (Wildman–Crippen MR) is 131 cm³/mol. The molecule has 2 aromatic carbocycles. The highest BCUT2D eigenvalue weighted by molar-refractivity contribution is 5.72. The van der Waals surface area contributed by atoms with Crippen molar-refractivity contribution in [3.8, 4) is 16.8 Å². The van der Waals surface area contributed by atoms with Gasteiger partial charge in [-0.25, -0.2) is 4.68 Å². The smallest absolute Gasteiger partial charge is 0.310 e. The number of aryl methyl sites for hydroxylation is 1. The van der Waals surface area contributed by atoms with Crippen LogP contribution in [0.5, 0.6) is 0 Å². The quantitative estimate of drug-likeness (QED) is 0.375. The van der Waals surface area contributed by atoms with Crippen molar-refractivity contribution in [3.63, 3.8) is 0 Å². The molecular formula is C27H28N4O3. The lowest BCUT2D eigenvalue weighted by Crippen LogP contribution is -2.16. The zero-order chi connectivity index (χ0) is 24.1. The molecule has 0 saturated heterocycles. The third kappa shape index (κ3) is 5.86. The summed E-state index contributed by atoms with van der Waals surface area (Å²) in [6.45, 7) is 4.42. The molecule has 2 heterocycles. The summed E-state index contributed by atoms with van der Waals surface area (Å²) < 4.78 is 8.75. The summed E-state index contributed by atoms with van der Waals surface area (Å²) in [6, 6.07) is 17.1. The van der Waals surface area contributed by atoms with E-state index in [2.05, 4.69) is 10.2 Å². The summed E-state index contributed by atoms with van der Waals surface area (Å²) in [5, 5.41) is 8.79. The summed E-state index contributed by atoms with van der Waals surface area (Å²) in [4.78, 5) is 24.6. The average Bonchev–Trinajstić information content (AvgIpc) is 3.26. The number of carbonyl (C=O) groups excluding carboxylic acids is 1. The van der Waals surface area contributed by atoms with Crippen LogP contribution in [0.3, 0.4) is 0 Å². The van der Waals surface area contributed by atoms with Gasteiger partial charge in [-0.2, -0.15) is 10.2 Å². The van der Waals surface area contributed by atoms with Crippen molar-refractivity contribution in [2.24, 2.45) is 13.0 Å². The van der Waals surface area contributed by atoms with Gasteiger partial charge in [-0.05, 0) is 34.7 Å². The fraction of sp³-hybridized carbons (Fsp3) is 0.259. The van der Waals surface area contributed by atoms with E-state index in [1.54, 1.807) is 15.6 Å². The minimum atomic E-state index is -0.249. The van der Waals surface area contributed by atoms with E-state index in [0.29, 0.717) is 24.6 Å². The van der Waals surface area contributed by atoms with Crippen LogP contribution in [-0.4, -0.2) is 32.1 Å². The molecule has 0 radical (unpaired) electrons. The number of ether oxygens (including phenoxy) is 1. The highest BCUT2D eigenvalue weighted by Crippen LogP contribution is 2.20.